The van der Waals surface area contributed by atoms with Crippen LogP contribution in [0.25, 0.3) is 0 Å². The lowest BCUT2D eigenvalue weighted by Crippen LogP contribution is -2.18. The molecule has 1 aromatic rings. The molecular formula is C10H12NO3P. The first-order valence-corrected chi connectivity index (χ1v) is 5.97. The maximum Gasteiger partial charge on any atom is 0.335 e. The lowest BCUT2D eigenvalue weighted by molar-refractivity contribution is 0.338. The van der Waals surface area contributed by atoms with Gasteiger partial charge in [-0.2, -0.15) is 5.26 Å². The Labute approximate surface area is 88.3 Å². The van der Waals surface area contributed by atoms with Gasteiger partial charge in [0, 0.05) is 0 Å². The van der Waals surface area contributed by atoms with Crippen LogP contribution >= 0.6 is 7.60 Å². The van der Waals surface area contributed by atoms with Gasteiger partial charge >= 0.3 is 7.60 Å². The predicted molar refractivity (Wildman–Crippen MR) is 56.2 cm³/mol. The van der Waals surface area contributed by atoms with Gasteiger partial charge in [-0.25, -0.2) is 0 Å². The van der Waals surface area contributed by atoms with E-state index in [0.717, 1.165) is 0 Å². The minimum absolute atomic E-state index is 0.297. The van der Waals surface area contributed by atoms with Crippen LogP contribution in [0.4, 0.5) is 0 Å². The molecule has 0 bridgehead atoms. The van der Waals surface area contributed by atoms with E-state index < -0.39 is 12.8 Å². The zero-order valence-corrected chi connectivity index (χ0v) is 9.40. The minimum Gasteiger partial charge on any atom is -0.324 e. The topological polar surface area (TPSA) is 81.3 Å². The first kappa shape index (κ1) is 11.9. The smallest absolute Gasteiger partial charge is 0.324 e. The first-order chi connectivity index (χ1) is 6.80. The predicted octanol–water partition coefficient (Wildman–Crippen LogP) is 1.97. The van der Waals surface area contributed by atoms with Crippen LogP contribution in [0, 0.1) is 11.3 Å². The summed E-state index contributed by atoms with van der Waals surface area (Å²) in [6, 6.07) is 8.37. The molecule has 0 saturated carbocycles. The Hall–Kier alpha value is -1.14. The van der Waals surface area contributed by atoms with Gasteiger partial charge in [0.05, 0.1) is 16.8 Å². The van der Waals surface area contributed by atoms with E-state index in [2.05, 4.69) is 0 Å². The Morgan fingerprint density at radius 2 is 1.87 bits per heavy atom. The summed E-state index contributed by atoms with van der Waals surface area (Å²) in [6.45, 7) is 2.87. The molecule has 0 unspecified atom stereocenters. The summed E-state index contributed by atoms with van der Waals surface area (Å²) >= 11 is 0. The minimum atomic E-state index is -4.28. The van der Waals surface area contributed by atoms with Gasteiger partial charge in [0.1, 0.15) is 0 Å². The molecule has 0 aromatic heterocycles. The lowest BCUT2D eigenvalue weighted by atomic mass is 9.97. The van der Waals surface area contributed by atoms with Gasteiger partial charge in [0.2, 0.25) is 0 Å². The zero-order valence-electron chi connectivity index (χ0n) is 8.51. The van der Waals surface area contributed by atoms with Crippen LogP contribution in [0.3, 0.4) is 0 Å². The maximum atomic E-state index is 11.3. The summed E-state index contributed by atoms with van der Waals surface area (Å²) in [5.74, 6) is 0. The normalized spacial score (nSPS) is 12.2. The Kier molecular flexibility index (Phi) is 3.01. The highest BCUT2D eigenvalue weighted by molar-refractivity contribution is 7.53. The van der Waals surface area contributed by atoms with Crippen LogP contribution in [0.15, 0.2) is 24.3 Å². The fourth-order valence-corrected chi connectivity index (χ4v) is 1.78. The standard InChI is InChI=1S/C10H12NO3P/c1-10(2,15(12,13)14)9-6-4-3-5-8(9)7-11/h3-6H,1-2H3,(H2,12,13,14). The van der Waals surface area contributed by atoms with Crippen molar-refractivity contribution >= 4 is 7.60 Å². The van der Waals surface area contributed by atoms with Crippen molar-refractivity contribution in [2.45, 2.75) is 19.0 Å². The third-order valence-corrected chi connectivity index (χ3v) is 4.13. The summed E-state index contributed by atoms with van der Waals surface area (Å²) in [4.78, 5) is 18.4. The summed E-state index contributed by atoms with van der Waals surface area (Å²) in [5.41, 5.74) is 0.673. The molecule has 1 aromatic carbocycles. The summed E-state index contributed by atoms with van der Waals surface area (Å²) in [7, 11) is -4.28. The van der Waals surface area contributed by atoms with E-state index in [0.29, 0.717) is 11.1 Å². The van der Waals surface area contributed by atoms with Crippen LogP contribution in [-0.2, 0) is 9.72 Å². The largest absolute Gasteiger partial charge is 0.335 e. The van der Waals surface area contributed by atoms with Crippen molar-refractivity contribution in [2.24, 2.45) is 0 Å². The molecule has 15 heavy (non-hydrogen) atoms. The van der Waals surface area contributed by atoms with E-state index in [1.807, 2.05) is 6.07 Å². The number of hydrogen-bond acceptors (Lipinski definition) is 2. The van der Waals surface area contributed by atoms with Gasteiger partial charge in [-0.3, -0.25) is 4.57 Å². The second-order valence-electron chi connectivity index (χ2n) is 3.76. The second-order valence-corrected chi connectivity index (χ2v) is 5.97. The summed E-state index contributed by atoms with van der Waals surface area (Å²) in [6.07, 6.45) is 0. The molecule has 5 heteroatoms. The Morgan fingerprint density at radius 1 is 1.33 bits per heavy atom. The number of hydrogen-bond donors (Lipinski definition) is 2. The molecule has 0 spiro atoms. The number of rotatable bonds is 2. The summed E-state index contributed by atoms with van der Waals surface area (Å²) < 4.78 is 11.3. The maximum absolute atomic E-state index is 11.3. The number of nitriles is 1. The molecule has 1 rings (SSSR count). The van der Waals surface area contributed by atoms with Crippen LogP contribution in [-0.4, -0.2) is 9.79 Å². The molecule has 80 valence electrons. The van der Waals surface area contributed by atoms with Gasteiger partial charge in [-0.05, 0) is 25.5 Å². The van der Waals surface area contributed by atoms with Crippen molar-refractivity contribution in [1.29, 1.82) is 5.26 Å². The van der Waals surface area contributed by atoms with Crippen LogP contribution < -0.4 is 0 Å². The fourth-order valence-electron chi connectivity index (χ4n) is 1.27. The Morgan fingerprint density at radius 3 is 2.33 bits per heavy atom. The van der Waals surface area contributed by atoms with Gasteiger partial charge < -0.3 is 9.79 Å². The number of nitrogens with zero attached hydrogens (tertiary/aromatic N) is 1. The van der Waals surface area contributed by atoms with E-state index in [1.54, 1.807) is 24.3 Å². The van der Waals surface area contributed by atoms with Crippen LogP contribution in [0.1, 0.15) is 25.0 Å². The van der Waals surface area contributed by atoms with Crippen molar-refractivity contribution in [3.8, 4) is 6.07 Å². The molecule has 0 fully saturated rings. The third-order valence-electron chi connectivity index (χ3n) is 2.43. The molecule has 0 aliphatic carbocycles. The molecule has 0 aliphatic heterocycles. The lowest BCUT2D eigenvalue weighted by Gasteiger charge is -2.26. The molecule has 0 amide bonds. The highest BCUT2D eigenvalue weighted by Crippen LogP contribution is 2.56. The average Bonchev–Trinajstić information content (AvgIpc) is 2.16. The van der Waals surface area contributed by atoms with Gasteiger partial charge in [0.15, 0.2) is 0 Å². The second kappa shape index (κ2) is 3.79. The number of benzene rings is 1. The highest BCUT2D eigenvalue weighted by Gasteiger charge is 2.40. The van der Waals surface area contributed by atoms with Crippen molar-refractivity contribution in [3.63, 3.8) is 0 Å². The van der Waals surface area contributed by atoms with Crippen LogP contribution in [0.2, 0.25) is 0 Å². The van der Waals surface area contributed by atoms with Gasteiger partial charge in [0.25, 0.3) is 0 Å². The van der Waals surface area contributed by atoms with E-state index >= 15 is 0 Å². The fraction of sp³-hybridized carbons (Fsp3) is 0.300. The van der Waals surface area contributed by atoms with Crippen molar-refractivity contribution < 1.29 is 14.4 Å². The Balaban J connectivity index is 3.41. The highest BCUT2D eigenvalue weighted by atomic mass is 31.2. The molecule has 0 radical (unpaired) electrons. The molecule has 0 aliphatic rings. The van der Waals surface area contributed by atoms with E-state index in [1.165, 1.54) is 13.8 Å². The van der Waals surface area contributed by atoms with E-state index in [-0.39, 0.29) is 0 Å². The van der Waals surface area contributed by atoms with E-state index in [9.17, 15) is 14.4 Å². The molecule has 2 N–H and O–H groups in total. The van der Waals surface area contributed by atoms with Gasteiger partial charge in [-0.1, -0.05) is 18.2 Å². The monoisotopic (exact) mass is 225 g/mol. The quantitative estimate of drug-likeness (QED) is 0.754. The molecular weight excluding hydrogens is 213 g/mol. The molecule has 0 saturated heterocycles. The SMILES string of the molecule is CC(C)(c1ccccc1C#N)P(=O)(O)O. The summed E-state index contributed by atoms with van der Waals surface area (Å²) in [5, 5.41) is 7.51. The zero-order chi connectivity index (χ0) is 11.7. The third kappa shape index (κ3) is 2.10. The first-order valence-electron chi connectivity index (χ1n) is 4.36. The Bertz CT molecular complexity index is 456. The van der Waals surface area contributed by atoms with Crippen molar-refractivity contribution in [1.82, 2.24) is 0 Å². The van der Waals surface area contributed by atoms with Crippen LogP contribution in [0.5, 0.6) is 0 Å². The average molecular weight is 225 g/mol. The molecule has 0 heterocycles. The van der Waals surface area contributed by atoms with Crippen molar-refractivity contribution in [3.05, 3.63) is 35.4 Å². The molecule has 0 atom stereocenters. The van der Waals surface area contributed by atoms with Gasteiger partial charge in [-0.15, -0.1) is 0 Å². The van der Waals surface area contributed by atoms with E-state index in [4.69, 9.17) is 5.26 Å². The van der Waals surface area contributed by atoms with Crippen molar-refractivity contribution in [2.75, 3.05) is 0 Å². The molecule has 4 nitrogen and oxygen atoms in total.